The molecule has 1 N–H and O–H groups in total. The Labute approximate surface area is 139 Å². The highest BCUT2D eigenvalue weighted by molar-refractivity contribution is 7.13. The Bertz CT molecular complexity index is 707. The molecule has 0 radical (unpaired) electrons. The van der Waals surface area contributed by atoms with Crippen molar-refractivity contribution < 1.29 is 14.3 Å². The summed E-state index contributed by atoms with van der Waals surface area (Å²) in [6, 6.07) is 7.29. The Hall–Kier alpha value is -2.21. The SMILES string of the molecule is COC(=O)C[C@H](NC(=O)c1sc(C)nc1C)c1ccc(C)cc1. The second kappa shape index (κ2) is 7.37. The van der Waals surface area contributed by atoms with E-state index in [0.29, 0.717) is 10.6 Å². The first-order valence-electron chi connectivity index (χ1n) is 7.29. The predicted molar refractivity (Wildman–Crippen MR) is 89.6 cm³/mol. The lowest BCUT2D eigenvalue weighted by molar-refractivity contribution is -0.141. The number of carbonyl (C=O) groups is 2. The molecule has 0 aliphatic carbocycles. The molecule has 1 amide bonds. The number of esters is 1. The first-order valence-corrected chi connectivity index (χ1v) is 8.10. The molecule has 5 nitrogen and oxygen atoms in total. The number of rotatable bonds is 5. The summed E-state index contributed by atoms with van der Waals surface area (Å²) in [6.45, 7) is 5.65. The summed E-state index contributed by atoms with van der Waals surface area (Å²) in [6.07, 6.45) is 0.0855. The zero-order valence-corrected chi connectivity index (χ0v) is 14.5. The van der Waals surface area contributed by atoms with Crippen molar-refractivity contribution in [3.05, 3.63) is 51.0 Å². The van der Waals surface area contributed by atoms with Gasteiger partial charge in [-0.1, -0.05) is 29.8 Å². The molecule has 0 saturated carbocycles. The van der Waals surface area contributed by atoms with E-state index in [-0.39, 0.29) is 18.3 Å². The third kappa shape index (κ3) is 4.39. The minimum absolute atomic E-state index is 0.0855. The van der Waals surface area contributed by atoms with Crippen LogP contribution in [-0.4, -0.2) is 24.0 Å². The van der Waals surface area contributed by atoms with Gasteiger partial charge >= 0.3 is 5.97 Å². The Morgan fingerprint density at radius 1 is 1.22 bits per heavy atom. The van der Waals surface area contributed by atoms with Gasteiger partial charge in [0, 0.05) is 0 Å². The zero-order chi connectivity index (χ0) is 17.0. The summed E-state index contributed by atoms with van der Waals surface area (Å²) in [5.74, 6) is -0.587. The van der Waals surface area contributed by atoms with E-state index in [0.717, 1.165) is 16.1 Å². The smallest absolute Gasteiger partial charge is 0.307 e. The lowest BCUT2D eigenvalue weighted by Gasteiger charge is -2.18. The highest BCUT2D eigenvalue weighted by Crippen LogP contribution is 2.22. The molecular formula is C17H20N2O3S. The van der Waals surface area contributed by atoms with Crippen molar-refractivity contribution in [1.82, 2.24) is 10.3 Å². The van der Waals surface area contributed by atoms with Gasteiger partial charge < -0.3 is 10.1 Å². The third-order valence-electron chi connectivity index (χ3n) is 3.49. The molecule has 0 aliphatic heterocycles. The van der Waals surface area contributed by atoms with E-state index in [1.165, 1.54) is 18.4 Å². The van der Waals surface area contributed by atoms with Crippen LogP contribution in [0, 0.1) is 20.8 Å². The van der Waals surface area contributed by atoms with Crippen molar-refractivity contribution in [3.8, 4) is 0 Å². The number of thiazole rings is 1. The first kappa shape index (κ1) is 17.1. The van der Waals surface area contributed by atoms with Gasteiger partial charge in [-0.25, -0.2) is 4.98 Å². The Morgan fingerprint density at radius 3 is 2.39 bits per heavy atom. The van der Waals surface area contributed by atoms with Crippen LogP contribution in [0.5, 0.6) is 0 Å². The van der Waals surface area contributed by atoms with Crippen molar-refractivity contribution in [2.45, 2.75) is 33.2 Å². The number of benzene rings is 1. The van der Waals surface area contributed by atoms with Crippen molar-refractivity contribution in [2.24, 2.45) is 0 Å². The van der Waals surface area contributed by atoms with E-state index in [9.17, 15) is 9.59 Å². The Balaban J connectivity index is 2.23. The average molecular weight is 332 g/mol. The molecule has 1 aromatic carbocycles. The molecule has 0 aliphatic rings. The van der Waals surface area contributed by atoms with Gasteiger partial charge in [-0.15, -0.1) is 11.3 Å². The maximum Gasteiger partial charge on any atom is 0.307 e. The fourth-order valence-electron chi connectivity index (χ4n) is 2.27. The Kier molecular flexibility index (Phi) is 5.50. The van der Waals surface area contributed by atoms with E-state index in [1.54, 1.807) is 6.92 Å². The number of ether oxygens (including phenoxy) is 1. The number of methoxy groups -OCH3 is 1. The topological polar surface area (TPSA) is 68.3 Å². The monoisotopic (exact) mass is 332 g/mol. The van der Waals surface area contributed by atoms with Crippen molar-refractivity contribution >= 4 is 23.2 Å². The van der Waals surface area contributed by atoms with Crippen LogP contribution in [0.1, 0.15) is 44.0 Å². The second-order valence-electron chi connectivity index (χ2n) is 5.36. The molecule has 1 aromatic heterocycles. The zero-order valence-electron chi connectivity index (χ0n) is 13.7. The molecule has 0 fully saturated rings. The van der Waals surface area contributed by atoms with Gasteiger partial charge in [0.1, 0.15) is 4.88 Å². The molecule has 0 unspecified atom stereocenters. The van der Waals surface area contributed by atoms with Gasteiger partial charge in [-0.05, 0) is 26.3 Å². The summed E-state index contributed by atoms with van der Waals surface area (Å²) < 4.78 is 4.74. The molecule has 2 aromatic rings. The molecule has 6 heteroatoms. The quantitative estimate of drug-likeness (QED) is 0.854. The van der Waals surface area contributed by atoms with E-state index in [2.05, 4.69) is 10.3 Å². The summed E-state index contributed by atoms with van der Waals surface area (Å²) in [4.78, 5) is 29.0. The third-order valence-corrected chi connectivity index (χ3v) is 4.56. The molecule has 122 valence electrons. The van der Waals surface area contributed by atoms with Gasteiger partial charge in [0.05, 0.1) is 30.3 Å². The van der Waals surface area contributed by atoms with Crippen LogP contribution >= 0.6 is 11.3 Å². The van der Waals surface area contributed by atoms with Crippen molar-refractivity contribution in [1.29, 1.82) is 0 Å². The fraction of sp³-hybridized carbons (Fsp3) is 0.353. The first-order chi connectivity index (χ1) is 10.9. The molecule has 2 rings (SSSR count). The minimum Gasteiger partial charge on any atom is -0.469 e. The lowest BCUT2D eigenvalue weighted by Crippen LogP contribution is -2.30. The van der Waals surface area contributed by atoms with Crippen LogP contribution in [0.25, 0.3) is 0 Å². The van der Waals surface area contributed by atoms with Gasteiger partial charge in [0.25, 0.3) is 5.91 Å². The summed E-state index contributed by atoms with van der Waals surface area (Å²) in [5, 5.41) is 3.76. The predicted octanol–water partition coefficient (Wildman–Crippen LogP) is 3.10. The molecule has 0 saturated heterocycles. The standard InChI is InChI=1S/C17H20N2O3S/c1-10-5-7-13(8-6-10)14(9-15(20)22-4)19-17(21)16-11(2)18-12(3)23-16/h5-8,14H,9H2,1-4H3,(H,19,21)/t14-/m0/s1. The highest BCUT2D eigenvalue weighted by atomic mass is 32.1. The fourth-order valence-corrected chi connectivity index (χ4v) is 3.09. The van der Waals surface area contributed by atoms with Crippen LogP contribution in [0.3, 0.4) is 0 Å². The normalized spacial score (nSPS) is 11.8. The van der Waals surface area contributed by atoms with E-state index in [4.69, 9.17) is 4.74 Å². The molecule has 23 heavy (non-hydrogen) atoms. The van der Waals surface area contributed by atoms with Crippen molar-refractivity contribution in [3.63, 3.8) is 0 Å². The number of amides is 1. The number of carbonyl (C=O) groups excluding carboxylic acids is 2. The summed E-state index contributed by atoms with van der Waals surface area (Å²) in [7, 11) is 1.34. The highest BCUT2D eigenvalue weighted by Gasteiger charge is 2.22. The van der Waals surface area contributed by atoms with Crippen LogP contribution in [-0.2, 0) is 9.53 Å². The number of aromatic nitrogens is 1. The Morgan fingerprint density at radius 2 is 1.87 bits per heavy atom. The maximum absolute atomic E-state index is 12.5. The maximum atomic E-state index is 12.5. The molecule has 0 bridgehead atoms. The lowest BCUT2D eigenvalue weighted by atomic mass is 10.0. The number of aryl methyl sites for hydroxylation is 3. The summed E-state index contributed by atoms with van der Waals surface area (Å²) in [5.41, 5.74) is 2.68. The summed E-state index contributed by atoms with van der Waals surface area (Å²) >= 11 is 1.35. The van der Waals surface area contributed by atoms with Crippen LogP contribution in [0.15, 0.2) is 24.3 Å². The van der Waals surface area contributed by atoms with Crippen LogP contribution < -0.4 is 5.32 Å². The average Bonchev–Trinajstić information content (AvgIpc) is 2.86. The van der Waals surface area contributed by atoms with E-state index < -0.39 is 6.04 Å². The number of hydrogen-bond acceptors (Lipinski definition) is 5. The van der Waals surface area contributed by atoms with Crippen molar-refractivity contribution in [2.75, 3.05) is 7.11 Å². The number of hydrogen-bond donors (Lipinski definition) is 1. The minimum atomic E-state index is -0.433. The second-order valence-corrected chi connectivity index (χ2v) is 6.57. The van der Waals surface area contributed by atoms with E-state index in [1.807, 2.05) is 38.1 Å². The van der Waals surface area contributed by atoms with Gasteiger partial charge in [-0.2, -0.15) is 0 Å². The number of nitrogens with zero attached hydrogens (tertiary/aromatic N) is 1. The molecule has 0 spiro atoms. The van der Waals surface area contributed by atoms with Crippen LogP contribution in [0.2, 0.25) is 0 Å². The largest absolute Gasteiger partial charge is 0.469 e. The molecule has 1 atom stereocenters. The van der Waals surface area contributed by atoms with Gasteiger partial charge in [0.15, 0.2) is 0 Å². The van der Waals surface area contributed by atoms with Gasteiger partial charge in [0.2, 0.25) is 0 Å². The van der Waals surface area contributed by atoms with Gasteiger partial charge in [-0.3, -0.25) is 9.59 Å². The van der Waals surface area contributed by atoms with E-state index >= 15 is 0 Å². The van der Waals surface area contributed by atoms with Crippen LogP contribution in [0.4, 0.5) is 0 Å². The number of nitrogens with one attached hydrogen (secondary N) is 1. The molecule has 1 heterocycles. The molecular weight excluding hydrogens is 312 g/mol.